The molecule has 0 radical (unpaired) electrons. The second-order valence-electron chi connectivity index (χ2n) is 5.97. The van der Waals surface area contributed by atoms with Crippen LogP contribution in [0.5, 0.6) is 0 Å². The Hall–Kier alpha value is -3.33. The number of carbonyl (C=O) groups is 1. The zero-order valence-corrected chi connectivity index (χ0v) is 16.5. The van der Waals surface area contributed by atoms with Crippen molar-refractivity contribution in [2.45, 2.75) is 13.5 Å². The third-order valence-corrected chi connectivity index (χ3v) is 4.48. The van der Waals surface area contributed by atoms with Gasteiger partial charge in [0.05, 0.1) is 17.2 Å². The van der Waals surface area contributed by atoms with Gasteiger partial charge in [-0.3, -0.25) is 19.6 Å². The molecule has 0 fully saturated rings. The minimum atomic E-state index is -0.448. The molecule has 0 spiro atoms. The Bertz CT molecular complexity index is 1030. The van der Waals surface area contributed by atoms with Crippen molar-refractivity contribution in [2.24, 2.45) is 5.10 Å². The summed E-state index contributed by atoms with van der Waals surface area (Å²) >= 11 is 3.37. The van der Waals surface area contributed by atoms with E-state index < -0.39 is 10.8 Å². The van der Waals surface area contributed by atoms with Crippen LogP contribution in [0.4, 0.5) is 5.69 Å². The van der Waals surface area contributed by atoms with Crippen LogP contribution in [0.25, 0.3) is 0 Å². The summed E-state index contributed by atoms with van der Waals surface area (Å²) < 4.78 is 2.55. The van der Waals surface area contributed by atoms with E-state index in [4.69, 9.17) is 0 Å². The van der Waals surface area contributed by atoms with E-state index in [2.05, 4.69) is 31.6 Å². The van der Waals surface area contributed by atoms with Crippen LogP contribution in [-0.2, 0) is 6.54 Å². The summed E-state index contributed by atoms with van der Waals surface area (Å²) in [6.07, 6.45) is 1.67. The van der Waals surface area contributed by atoms with Crippen molar-refractivity contribution in [2.75, 3.05) is 0 Å². The van der Waals surface area contributed by atoms with Crippen LogP contribution in [0, 0.1) is 10.1 Å². The monoisotopic (exact) mass is 441 g/mol. The highest BCUT2D eigenvalue weighted by Crippen LogP contribution is 2.13. The van der Waals surface area contributed by atoms with Crippen molar-refractivity contribution < 1.29 is 9.72 Å². The van der Waals surface area contributed by atoms with Gasteiger partial charge in [0.2, 0.25) is 0 Å². The van der Waals surface area contributed by atoms with Crippen LogP contribution in [0.3, 0.4) is 0 Å². The number of nitrogens with one attached hydrogen (secondary N) is 1. The van der Waals surface area contributed by atoms with Gasteiger partial charge in [-0.15, -0.1) is 0 Å². The van der Waals surface area contributed by atoms with E-state index in [0.29, 0.717) is 12.3 Å². The molecule has 0 aliphatic carbocycles. The van der Waals surface area contributed by atoms with Crippen LogP contribution in [0.15, 0.2) is 70.4 Å². The maximum absolute atomic E-state index is 12.2. The molecule has 0 saturated carbocycles. The lowest BCUT2D eigenvalue weighted by Crippen LogP contribution is -2.20. The normalized spacial score (nSPS) is 11.3. The average molecular weight is 442 g/mol. The first-order valence-electron chi connectivity index (χ1n) is 8.30. The Labute approximate surface area is 169 Å². The van der Waals surface area contributed by atoms with Gasteiger partial charge in [-0.1, -0.05) is 40.2 Å². The second-order valence-corrected chi connectivity index (χ2v) is 6.88. The molecule has 1 aromatic heterocycles. The van der Waals surface area contributed by atoms with E-state index >= 15 is 0 Å². The Morgan fingerprint density at radius 2 is 1.86 bits per heavy atom. The maximum atomic E-state index is 12.2. The third-order valence-electron chi connectivity index (χ3n) is 3.95. The number of non-ortho nitro benzene ring substituents is 1. The lowest BCUT2D eigenvalue weighted by Gasteiger charge is -2.03. The van der Waals surface area contributed by atoms with E-state index in [1.807, 2.05) is 24.3 Å². The van der Waals surface area contributed by atoms with Crippen molar-refractivity contribution in [3.05, 3.63) is 92.2 Å². The molecule has 9 heteroatoms. The molecular formula is C19H16BrN5O3. The van der Waals surface area contributed by atoms with Gasteiger partial charge in [0, 0.05) is 22.8 Å². The number of amides is 1. The molecule has 0 bridgehead atoms. The van der Waals surface area contributed by atoms with Crippen LogP contribution in [0.2, 0.25) is 0 Å². The molecule has 2 aromatic carbocycles. The van der Waals surface area contributed by atoms with Gasteiger partial charge in [0.25, 0.3) is 11.6 Å². The van der Waals surface area contributed by atoms with Crippen molar-refractivity contribution in [1.82, 2.24) is 15.2 Å². The van der Waals surface area contributed by atoms with Crippen LogP contribution in [-0.4, -0.2) is 26.3 Å². The summed E-state index contributed by atoms with van der Waals surface area (Å²) in [4.78, 5) is 22.5. The van der Waals surface area contributed by atoms with E-state index in [1.165, 1.54) is 12.1 Å². The topological polar surface area (TPSA) is 102 Å². The average Bonchev–Trinajstić information content (AvgIpc) is 3.15. The number of benzene rings is 2. The number of hydrogen-bond acceptors (Lipinski definition) is 5. The first kappa shape index (κ1) is 19.4. The maximum Gasteiger partial charge on any atom is 0.291 e. The summed E-state index contributed by atoms with van der Waals surface area (Å²) in [7, 11) is 0. The van der Waals surface area contributed by atoms with E-state index in [9.17, 15) is 14.9 Å². The molecule has 1 heterocycles. The highest BCUT2D eigenvalue weighted by molar-refractivity contribution is 9.10. The fourth-order valence-electron chi connectivity index (χ4n) is 2.43. The molecule has 0 aliphatic rings. The number of nitro benzene ring substituents is 1. The second kappa shape index (κ2) is 8.57. The minimum absolute atomic E-state index is 0.0308. The number of aromatic nitrogens is 2. The lowest BCUT2D eigenvalue weighted by atomic mass is 10.1. The van der Waals surface area contributed by atoms with Gasteiger partial charge in [0.15, 0.2) is 5.69 Å². The number of nitrogens with zero attached hydrogens (tertiary/aromatic N) is 4. The number of hydrazone groups is 1. The number of nitro groups is 1. The van der Waals surface area contributed by atoms with Crippen molar-refractivity contribution in [3.8, 4) is 0 Å². The molecule has 142 valence electrons. The number of rotatable bonds is 6. The number of hydrogen-bond donors (Lipinski definition) is 1. The van der Waals surface area contributed by atoms with Gasteiger partial charge in [-0.05, 0) is 36.2 Å². The van der Waals surface area contributed by atoms with Gasteiger partial charge in [-0.25, -0.2) is 5.43 Å². The number of halogens is 1. The SMILES string of the molecule is C/C(=N/NC(=O)c1ccn(Cc2ccc([N+](=O)[O-])cc2)n1)c1ccc(Br)cc1. The largest absolute Gasteiger partial charge is 0.291 e. The summed E-state index contributed by atoms with van der Waals surface area (Å²) in [5.41, 5.74) is 5.16. The number of carbonyl (C=O) groups excluding carboxylic acids is 1. The Kier molecular flexibility index (Phi) is 5.95. The Balaban J connectivity index is 1.62. The van der Waals surface area contributed by atoms with Crippen molar-refractivity contribution in [1.29, 1.82) is 0 Å². The fourth-order valence-corrected chi connectivity index (χ4v) is 2.69. The minimum Gasteiger partial charge on any atom is -0.268 e. The van der Waals surface area contributed by atoms with Crippen molar-refractivity contribution in [3.63, 3.8) is 0 Å². The zero-order chi connectivity index (χ0) is 20.1. The molecule has 0 aliphatic heterocycles. The van der Waals surface area contributed by atoms with Gasteiger partial charge in [-0.2, -0.15) is 10.2 Å². The fraction of sp³-hybridized carbons (Fsp3) is 0.105. The van der Waals surface area contributed by atoms with Crippen LogP contribution in [0.1, 0.15) is 28.5 Å². The first-order valence-corrected chi connectivity index (χ1v) is 9.09. The predicted octanol–water partition coefficient (Wildman–Crippen LogP) is 3.76. The Morgan fingerprint density at radius 3 is 2.50 bits per heavy atom. The quantitative estimate of drug-likeness (QED) is 0.357. The molecule has 0 unspecified atom stereocenters. The van der Waals surface area contributed by atoms with E-state index in [-0.39, 0.29) is 11.4 Å². The van der Waals surface area contributed by atoms with Crippen LogP contribution >= 0.6 is 15.9 Å². The van der Waals surface area contributed by atoms with E-state index in [1.54, 1.807) is 36.0 Å². The molecule has 28 heavy (non-hydrogen) atoms. The highest BCUT2D eigenvalue weighted by Gasteiger charge is 2.10. The van der Waals surface area contributed by atoms with E-state index in [0.717, 1.165) is 15.6 Å². The highest BCUT2D eigenvalue weighted by atomic mass is 79.9. The molecule has 8 nitrogen and oxygen atoms in total. The lowest BCUT2D eigenvalue weighted by molar-refractivity contribution is -0.384. The summed E-state index contributed by atoms with van der Waals surface area (Å²) in [6.45, 7) is 2.20. The molecule has 0 atom stereocenters. The molecule has 1 N–H and O–H groups in total. The summed E-state index contributed by atoms with van der Waals surface area (Å²) in [6, 6.07) is 15.4. The molecule has 3 aromatic rings. The van der Waals surface area contributed by atoms with Crippen molar-refractivity contribution >= 4 is 33.2 Å². The summed E-state index contributed by atoms with van der Waals surface area (Å²) in [5.74, 6) is -0.418. The molecular weight excluding hydrogens is 426 g/mol. The van der Waals surface area contributed by atoms with Gasteiger partial charge in [0.1, 0.15) is 0 Å². The summed E-state index contributed by atoms with van der Waals surface area (Å²) in [5, 5.41) is 19.0. The first-order chi connectivity index (χ1) is 13.4. The molecule has 1 amide bonds. The Morgan fingerprint density at radius 1 is 1.18 bits per heavy atom. The standard InChI is InChI=1S/C19H16BrN5O3/c1-13(15-4-6-16(20)7-5-15)21-22-19(26)18-10-11-24(23-18)12-14-2-8-17(9-3-14)25(27)28/h2-11H,12H2,1H3,(H,22,26)/b21-13-. The molecule has 3 rings (SSSR count). The van der Waals surface area contributed by atoms with Crippen LogP contribution < -0.4 is 5.43 Å². The van der Waals surface area contributed by atoms with Gasteiger partial charge >= 0.3 is 0 Å². The third kappa shape index (κ3) is 4.89. The van der Waals surface area contributed by atoms with Gasteiger partial charge < -0.3 is 0 Å². The predicted molar refractivity (Wildman–Crippen MR) is 108 cm³/mol. The zero-order valence-electron chi connectivity index (χ0n) is 14.9. The smallest absolute Gasteiger partial charge is 0.268 e. The molecule has 0 saturated heterocycles.